The molecular formula is C36H38N2O5. The molecule has 4 aromatic carbocycles. The van der Waals surface area contributed by atoms with Crippen LogP contribution in [-0.4, -0.2) is 44.0 Å². The Morgan fingerprint density at radius 2 is 1.51 bits per heavy atom. The van der Waals surface area contributed by atoms with Crippen molar-refractivity contribution >= 4 is 29.0 Å². The van der Waals surface area contributed by atoms with Gasteiger partial charge in [0.1, 0.15) is 18.4 Å². The van der Waals surface area contributed by atoms with Crippen LogP contribution < -0.4 is 15.0 Å². The van der Waals surface area contributed by atoms with Crippen LogP contribution in [0.15, 0.2) is 103 Å². The molecule has 0 spiro atoms. The third-order valence-corrected chi connectivity index (χ3v) is 7.08. The van der Waals surface area contributed by atoms with E-state index in [2.05, 4.69) is 5.32 Å². The van der Waals surface area contributed by atoms with Gasteiger partial charge in [0.2, 0.25) is 5.91 Å². The Kier molecular flexibility index (Phi) is 11.1. The predicted octanol–water partition coefficient (Wildman–Crippen LogP) is 6.63. The molecule has 0 aromatic heterocycles. The van der Waals surface area contributed by atoms with Gasteiger partial charge in [0.15, 0.2) is 5.78 Å². The van der Waals surface area contributed by atoms with Crippen LogP contribution in [0.1, 0.15) is 46.8 Å². The molecule has 222 valence electrons. The first-order valence-corrected chi connectivity index (χ1v) is 14.5. The minimum Gasteiger partial charge on any atom is -0.492 e. The summed E-state index contributed by atoms with van der Waals surface area (Å²) >= 11 is 0. The van der Waals surface area contributed by atoms with Crippen molar-refractivity contribution in [3.63, 3.8) is 0 Å². The van der Waals surface area contributed by atoms with Crippen molar-refractivity contribution < 1.29 is 23.9 Å². The quantitative estimate of drug-likeness (QED) is 0.134. The summed E-state index contributed by atoms with van der Waals surface area (Å²) in [7, 11) is 1.35. The number of nitrogens with zero attached hydrogens (tertiary/aromatic N) is 1. The van der Waals surface area contributed by atoms with Crippen molar-refractivity contribution in [2.75, 3.05) is 30.5 Å². The van der Waals surface area contributed by atoms with Crippen LogP contribution >= 0.6 is 0 Å². The fourth-order valence-corrected chi connectivity index (χ4v) is 4.76. The molecule has 0 aliphatic carbocycles. The van der Waals surface area contributed by atoms with Gasteiger partial charge >= 0.3 is 5.97 Å². The number of carbonyl (C=O) groups is 3. The Morgan fingerprint density at radius 3 is 2.19 bits per heavy atom. The average Bonchev–Trinajstić information content (AvgIpc) is 3.04. The number of ketones is 1. The summed E-state index contributed by atoms with van der Waals surface area (Å²) in [6.07, 6.45) is 1.59. The lowest BCUT2D eigenvalue weighted by molar-refractivity contribution is -0.141. The number of carbonyl (C=O) groups excluding carboxylic acids is 3. The Hall–Kier alpha value is -4.91. The molecule has 1 N–H and O–H groups in total. The molecule has 0 saturated heterocycles. The fourth-order valence-electron chi connectivity index (χ4n) is 4.76. The number of esters is 1. The summed E-state index contributed by atoms with van der Waals surface area (Å²) in [5, 5.41) is 3.23. The van der Waals surface area contributed by atoms with Gasteiger partial charge in [-0.25, -0.2) is 4.79 Å². The SMILES string of the molecule is CCCC(=O)N(CCOc1ccc(CC(Nc2ccccc2C(=O)c2ccccc2)C(=O)OC)cc1)c1ccc(C)cc1. The van der Waals surface area contributed by atoms with E-state index in [1.807, 2.05) is 86.6 Å². The van der Waals surface area contributed by atoms with Gasteiger partial charge in [-0.2, -0.15) is 0 Å². The van der Waals surface area contributed by atoms with E-state index in [9.17, 15) is 14.4 Å². The normalized spacial score (nSPS) is 11.3. The summed E-state index contributed by atoms with van der Waals surface area (Å²) in [6, 6.07) is 30.9. The van der Waals surface area contributed by atoms with E-state index in [0.717, 1.165) is 23.2 Å². The molecule has 0 heterocycles. The molecule has 4 rings (SSSR count). The minimum absolute atomic E-state index is 0.0682. The fraction of sp³-hybridized carbons (Fsp3) is 0.250. The summed E-state index contributed by atoms with van der Waals surface area (Å²) in [5.74, 6) is 0.164. The highest BCUT2D eigenvalue weighted by Crippen LogP contribution is 2.23. The van der Waals surface area contributed by atoms with Gasteiger partial charge in [0.05, 0.1) is 13.7 Å². The number of methoxy groups -OCH3 is 1. The van der Waals surface area contributed by atoms with Crippen LogP contribution in [0.25, 0.3) is 0 Å². The molecule has 4 aromatic rings. The van der Waals surface area contributed by atoms with Crippen LogP contribution in [-0.2, 0) is 20.7 Å². The zero-order valence-electron chi connectivity index (χ0n) is 24.9. The molecule has 0 aliphatic rings. The molecule has 1 atom stereocenters. The Morgan fingerprint density at radius 1 is 0.837 bits per heavy atom. The van der Waals surface area contributed by atoms with Gasteiger partial charge in [0.25, 0.3) is 0 Å². The van der Waals surface area contributed by atoms with Crippen molar-refractivity contribution in [2.24, 2.45) is 0 Å². The Labute approximate surface area is 253 Å². The van der Waals surface area contributed by atoms with Crippen LogP contribution in [0.5, 0.6) is 5.75 Å². The minimum atomic E-state index is -0.714. The molecule has 0 bridgehead atoms. The van der Waals surface area contributed by atoms with E-state index in [0.29, 0.717) is 48.6 Å². The van der Waals surface area contributed by atoms with Crippen molar-refractivity contribution in [1.29, 1.82) is 0 Å². The number of anilines is 2. The van der Waals surface area contributed by atoms with Crippen LogP contribution in [0, 0.1) is 6.92 Å². The molecular weight excluding hydrogens is 540 g/mol. The van der Waals surface area contributed by atoms with Gasteiger partial charge in [-0.3, -0.25) is 9.59 Å². The largest absolute Gasteiger partial charge is 0.492 e. The average molecular weight is 579 g/mol. The Balaban J connectivity index is 1.41. The second kappa shape index (κ2) is 15.4. The lowest BCUT2D eigenvalue weighted by Crippen LogP contribution is -2.34. The van der Waals surface area contributed by atoms with Gasteiger partial charge in [-0.1, -0.05) is 79.2 Å². The lowest BCUT2D eigenvalue weighted by Gasteiger charge is -2.23. The smallest absolute Gasteiger partial charge is 0.328 e. The molecule has 7 nitrogen and oxygen atoms in total. The first kappa shape index (κ1) is 31.0. The maximum Gasteiger partial charge on any atom is 0.328 e. The third kappa shape index (κ3) is 8.55. The first-order valence-electron chi connectivity index (χ1n) is 14.5. The summed E-state index contributed by atoms with van der Waals surface area (Å²) < 4.78 is 11.1. The van der Waals surface area contributed by atoms with Gasteiger partial charge < -0.3 is 19.7 Å². The molecule has 0 aliphatic heterocycles. The van der Waals surface area contributed by atoms with Crippen molar-refractivity contribution in [3.05, 3.63) is 125 Å². The highest BCUT2D eigenvalue weighted by molar-refractivity contribution is 6.12. The zero-order chi connectivity index (χ0) is 30.6. The van der Waals surface area contributed by atoms with E-state index in [-0.39, 0.29) is 11.7 Å². The van der Waals surface area contributed by atoms with E-state index in [1.165, 1.54) is 7.11 Å². The molecule has 1 amide bonds. The molecule has 43 heavy (non-hydrogen) atoms. The van der Waals surface area contributed by atoms with Crippen LogP contribution in [0.2, 0.25) is 0 Å². The summed E-state index contributed by atoms with van der Waals surface area (Å²) in [6.45, 7) is 4.77. The number of amides is 1. The van der Waals surface area contributed by atoms with E-state index < -0.39 is 12.0 Å². The van der Waals surface area contributed by atoms with Gasteiger partial charge in [-0.05, 0) is 55.3 Å². The van der Waals surface area contributed by atoms with E-state index in [4.69, 9.17) is 9.47 Å². The highest BCUT2D eigenvalue weighted by atomic mass is 16.5. The van der Waals surface area contributed by atoms with E-state index in [1.54, 1.807) is 35.2 Å². The summed E-state index contributed by atoms with van der Waals surface area (Å²) in [5.41, 5.74) is 4.49. The molecule has 0 radical (unpaired) electrons. The maximum atomic E-state index is 13.2. The molecule has 0 fully saturated rings. The van der Waals surface area contributed by atoms with Gasteiger partial charge in [-0.15, -0.1) is 0 Å². The lowest BCUT2D eigenvalue weighted by atomic mass is 10.00. The van der Waals surface area contributed by atoms with Crippen molar-refractivity contribution in [2.45, 2.75) is 39.2 Å². The zero-order valence-corrected chi connectivity index (χ0v) is 24.9. The second-order valence-electron chi connectivity index (χ2n) is 10.3. The second-order valence-corrected chi connectivity index (χ2v) is 10.3. The van der Waals surface area contributed by atoms with Crippen LogP contribution in [0.4, 0.5) is 11.4 Å². The molecule has 1 unspecified atom stereocenters. The van der Waals surface area contributed by atoms with Crippen LogP contribution in [0.3, 0.4) is 0 Å². The number of aryl methyl sites for hydroxylation is 1. The third-order valence-electron chi connectivity index (χ3n) is 7.08. The number of nitrogens with one attached hydrogen (secondary N) is 1. The maximum absolute atomic E-state index is 13.2. The monoisotopic (exact) mass is 578 g/mol. The predicted molar refractivity (Wildman–Crippen MR) is 170 cm³/mol. The number of para-hydroxylation sites is 1. The number of benzene rings is 4. The number of hydrogen-bond donors (Lipinski definition) is 1. The number of rotatable bonds is 14. The highest BCUT2D eigenvalue weighted by Gasteiger charge is 2.23. The topological polar surface area (TPSA) is 84.9 Å². The van der Waals surface area contributed by atoms with Crippen molar-refractivity contribution in [3.8, 4) is 5.75 Å². The van der Waals surface area contributed by atoms with E-state index >= 15 is 0 Å². The summed E-state index contributed by atoms with van der Waals surface area (Å²) in [4.78, 5) is 40.5. The molecule has 0 saturated carbocycles. The Bertz CT molecular complexity index is 1500. The first-order chi connectivity index (χ1) is 20.9. The van der Waals surface area contributed by atoms with Crippen molar-refractivity contribution in [1.82, 2.24) is 0 Å². The van der Waals surface area contributed by atoms with Gasteiger partial charge in [0, 0.05) is 35.3 Å². The standard InChI is InChI=1S/C36H38N2O5/c1-4-10-34(39)38(29-19-15-26(2)16-20-29)23-24-43-30-21-17-27(18-22-30)25-33(36(41)42-3)37-32-14-9-8-13-31(32)35(40)28-11-6-5-7-12-28/h5-9,11-22,33,37H,4,10,23-25H2,1-3H3. The molecule has 7 heteroatoms. The number of ether oxygens (including phenoxy) is 2. The number of hydrogen-bond acceptors (Lipinski definition) is 6.